The van der Waals surface area contributed by atoms with Gasteiger partial charge in [0.1, 0.15) is 0 Å². The van der Waals surface area contributed by atoms with E-state index in [1.54, 1.807) is 0 Å². The highest BCUT2D eigenvalue weighted by molar-refractivity contribution is 5.01. The second kappa shape index (κ2) is 8.31. The molecule has 1 unspecified atom stereocenters. The van der Waals surface area contributed by atoms with Gasteiger partial charge in [-0.05, 0) is 24.8 Å². The predicted octanol–water partition coefficient (Wildman–Crippen LogP) is 3.67. The lowest BCUT2D eigenvalue weighted by molar-refractivity contribution is 0.192. The van der Waals surface area contributed by atoms with Gasteiger partial charge in [0.15, 0.2) is 0 Å². The van der Waals surface area contributed by atoms with E-state index < -0.39 is 0 Å². The van der Waals surface area contributed by atoms with Crippen LogP contribution in [-0.2, 0) is 0 Å². The number of hydrogen-bond acceptors (Lipinski definition) is 1. The molecule has 0 saturated carbocycles. The van der Waals surface area contributed by atoms with Gasteiger partial charge in [0.25, 0.3) is 0 Å². The van der Waals surface area contributed by atoms with Crippen molar-refractivity contribution in [2.45, 2.75) is 64.9 Å². The number of aliphatic hydroxyl groups excluding tert-OH is 1. The van der Waals surface area contributed by atoms with Gasteiger partial charge in [-0.25, -0.2) is 0 Å². The number of unbranched alkanes of at least 4 members (excludes halogenated alkanes) is 3. The molecule has 1 N–H and O–H groups in total. The Morgan fingerprint density at radius 3 is 2.31 bits per heavy atom. The molecule has 0 radical (unpaired) electrons. The Labute approximate surface area is 82.9 Å². The molecule has 0 aromatic rings. The van der Waals surface area contributed by atoms with Gasteiger partial charge in [-0.15, -0.1) is 0 Å². The van der Waals surface area contributed by atoms with Gasteiger partial charge in [-0.2, -0.15) is 0 Å². The molecule has 0 fully saturated rings. The first kappa shape index (κ1) is 12.7. The lowest BCUT2D eigenvalue weighted by atomic mass is 10.0. The minimum atomic E-state index is -0.253. The second-order valence-electron chi connectivity index (χ2n) is 3.77. The Hall–Kier alpha value is -0.300. The maximum atomic E-state index is 9.65. The molecule has 78 valence electrons. The van der Waals surface area contributed by atoms with Crippen molar-refractivity contribution in [3.05, 3.63) is 12.2 Å². The summed E-state index contributed by atoms with van der Waals surface area (Å²) in [7, 11) is 0. The molecule has 0 aliphatic carbocycles. The van der Waals surface area contributed by atoms with Crippen LogP contribution in [0.1, 0.15) is 58.8 Å². The van der Waals surface area contributed by atoms with Crippen molar-refractivity contribution in [2.24, 2.45) is 0 Å². The molecule has 1 heteroatoms. The van der Waals surface area contributed by atoms with Gasteiger partial charge in [0.05, 0.1) is 6.10 Å². The van der Waals surface area contributed by atoms with Crippen LogP contribution in [0.5, 0.6) is 0 Å². The third-order valence-electron chi connectivity index (χ3n) is 2.40. The van der Waals surface area contributed by atoms with E-state index >= 15 is 0 Å². The minimum Gasteiger partial charge on any atom is -0.389 e. The van der Waals surface area contributed by atoms with Gasteiger partial charge in [-0.3, -0.25) is 0 Å². The summed E-state index contributed by atoms with van der Waals surface area (Å²) in [4.78, 5) is 0. The summed E-state index contributed by atoms with van der Waals surface area (Å²) in [6, 6.07) is 0. The van der Waals surface area contributed by atoms with Crippen molar-refractivity contribution in [1.29, 1.82) is 0 Å². The van der Waals surface area contributed by atoms with Gasteiger partial charge in [0.2, 0.25) is 0 Å². The molecule has 0 spiro atoms. The maximum Gasteiger partial charge on any atom is 0.0747 e. The molecule has 0 saturated heterocycles. The Morgan fingerprint density at radius 1 is 1.15 bits per heavy atom. The standard InChI is InChI=1S/C12H24O/c1-4-6-8-9-11(3)12(13)10-7-5-2/h12-13H,3-10H2,1-2H3. The molecule has 0 amide bonds. The zero-order chi connectivity index (χ0) is 10.1. The van der Waals surface area contributed by atoms with E-state index in [1.807, 2.05) is 0 Å². The summed E-state index contributed by atoms with van der Waals surface area (Å²) in [6.45, 7) is 8.27. The monoisotopic (exact) mass is 184 g/mol. The predicted molar refractivity (Wildman–Crippen MR) is 58.8 cm³/mol. The van der Waals surface area contributed by atoms with Crippen LogP contribution in [0.15, 0.2) is 12.2 Å². The molecule has 0 aromatic carbocycles. The van der Waals surface area contributed by atoms with E-state index in [9.17, 15) is 5.11 Å². The topological polar surface area (TPSA) is 20.2 Å². The van der Waals surface area contributed by atoms with Crippen LogP contribution in [0.3, 0.4) is 0 Å². The second-order valence-corrected chi connectivity index (χ2v) is 3.77. The van der Waals surface area contributed by atoms with Crippen LogP contribution in [0.25, 0.3) is 0 Å². The van der Waals surface area contributed by atoms with Gasteiger partial charge >= 0.3 is 0 Å². The molecule has 0 aliphatic rings. The molecular weight excluding hydrogens is 160 g/mol. The minimum absolute atomic E-state index is 0.253. The Balaban J connectivity index is 3.45. The molecule has 1 atom stereocenters. The van der Waals surface area contributed by atoms with Gasteiger partial charge < -0.3 is 5.11 Å². The third kappa shape index (κ3) is 6.83. The first-order valence-corrected chi connectivity index (χ1v) is 5.58. The molecule has 0 aromatic heterocycles. The molecule has 0 rings (SSSR count). The fourth-order valence-corrected chi connectivity index (χ4v) is 1.37. The van der Waals surface area contributed by atoms with E-state index in [2.05, 4.69) is 20.4 Å². The molecular formula is C12H24O. The van der Waals surface area contributed by atoms with Crippen LogP contribution >= 0.6 is 0 Å². The summed E-state index contributed by atoms with van der Waals surface area (Å²) >= 11 is 0. The lowest BCUT2D eigenvalue weighted by Crippen LogP contribution is -2.09. The first-order valence-electron chi connectivity index (χ1n) is 5.58. The van der Waals surface area contributed by atoms with Crippen molar-refractivity contribution < 1.29 is 5.11 Å². The highest BCUT2D eigenvalue weighted by atomic mass is 16.3. The zero-order valence-electron chi connectivity index (χ0n) is 9.18. The number of rotatable bonds is 8. The van der Waals surface area contributed by atoms with Crippen LogP contribution in [0.4, 0.5) is 0 Å². The van der Waals surface area contributed by atoms with Crippen LogP contribution in [-0.4, -0.2) is 11.2 Å². The molecule has 13 heavy (non-hydrogen) atoms. The highest BCUT2D eigenvalue weighted by Gasteiger charge is 2.06. The summed E-state index contributed by atoms with van der Waals surface area (Å²) in [5.74, 6) is 0. The summed E-state index contributed by atoms with van der Waals surface area (Å²) in [5.41, 5.74) is 1.03. The van der Waals surface area contributed by atoms with Crippen molar-refractivity contribution in [3.8, 4) is 0 Å². The highest BCUT2D eigenvalue weighted by Crippen LogP contribution is 2.15. The number of hydrogen-bond donors (Lipinski definition) is 1. The van der Waals surface area contributed by atoms with Crippen molar-refractivity contribution in [3.63, 3.8) is 0 Å². The van der Waals surface area contributed by atoms with Crippen molar-refractivity contribution in [1.82, 2.24) is 0 Å². The van der Waals surface area contributed by atoms with E-state index in [0.29, 0.717) is 0 Å². The molecule has 0 heterocycles. The zero-order valence-corrected chi connectivity index (χ0v) is 9.18. The van der Waals surface area contributed by atoms with E-state index in [-0.39, 0.29) is 6.10 Å². The first-order chi connectivity index (χ1) is 6.22. The SMILES string of the molecule is C=C(CCCCC)C(O)CCCC. The van der Waals surface area contributed by atoms with Gasteiger partial charge in [0, 0.05) is 0 Å². The fraction of sp³-hybridized carbons (Fsp3) is 0.833. The number of aliphatic hydroxyl groups is 1. The molecule has 1 nitrogen and oxygen atoms in total. The van der Waals surface area contributed by atoms with Gasteiger partial charge in [-0.1, -0.05) is 46.1 Å². The average Bonchev–Trinajstić information content (AvgIpc) is 2.14. The molecule has 0 aliphatic heterocycles. The quantitative estimate of drug-likeness (QED) is 0.451. The van der Waals surface area contributed by atoms with Crippen LogP contribution in [0, 0.1) is 0 Å². The average molecular weight is 184 g/mol. The summed E-state index contributed by atoms with van der Waals surface area (Å²) in [5, 5.41) is 9.65. The molecule has 0 bridgehead atoms. The Kier molecular flexibility index (Phi) is 8.11. The van der Waals surface area contributed by atoms with Crippen molar-refractivity contribution in [2.75, 3.05) is 0 Å². The van der Waals surface area contributed by atoms with E-state index in [4.69, 9.17) is 0 Å². The van der Waals surface area contributed by atoms with E-state index in [0.717, 1.165) is 31.3 Å². The maximum absolute atomic E-state index is 9.65. The largest absolute Gasteiger partial charge is 0.389 e. The third-order valence-corrected chi connectivity index (χ3v) is 2.40. The Morgan fingerprint density at radius 2 is 1.77 bits per heavy atom. The Bertz CT molecular complexity index is 129. The van der Waals surface area contributed by atoms with E-state index in [1.165, 1.54) is 19.3 Å². The summed E-state index contributed by atoms with van der Waals surface area (Å²) < 4.78 is 0. The van der Waals surface area contributed by atoms with Crippen molar-refractivity contribution >= 4 is 0 Å². The normalized spacial score (nSPS) is 12.8. The van der Waals surface area contributed by atoms with Crippen LogP contribution < -0.4 is 0 Å². The van der Waals surface area contributed by atoms with Crippen LogP contribution in [0.2, 0.25) is 0 Å². The summed E-state index contributed by atoms with van der Waals surface area (Å²) in [6.07, 6.45) is 7.56. The fourth-order valence-electron chi connectivity index (χ4n) is 1.37. The smallest absolute Gasteiger partial charge is 0.0747 e. The lowest BCUT2D eigenvalue weighted by Gasteiger charge is -2.12.